The molecule has 0 aliphatic carbocycles. The van der Waals surface area contributed by atoms with Crippen molar-refractivity contribution in [3.8, 4) is 0 Å². The summed E-state index contributed by atoms with van der Waals surface area (Å²) in [4.78, 5) is 12.9. The topological polar surface area (TPSA) is 134 Å². The molecule has 0 fully saturated rings. The summed E-state index contributed by atoms with van der Waals surface area (Å²) in [5.41, 5.74) is 8.26. The Labute approximate surface area is 183 Å². The number of esters is 1. The van der Waals surface area contributed by atoms with Gasteiger partial charge in [-0.25, -0.2) is 8.42 Å². The van der Waals surface area contributed by atoms with Gasteiger partial charge in [0.15, 0.2) is 5.96 Å². The molecule has 9 heteroatoms. The van der Waals surface area contributed by atoms with E-state index in [0.717, 1.165) is 11.1 Å². The van der Waals surface area contributed by atoms with Gasteiger partial charge in [0.2, 0.25) is 10.0 Å². The summed E-state index contributed by atoms with van der Waals surface area (Å²) < 4.78 is 34.1. The zero-order chi connectivity index (χ0) is 23.0. The van der Waals surface area contributed by atoms with Crippen LogP contribution in [0.4, 0.5) is 0 Å². The van der Waals surface area contributed by atoms with Gasteiger partial charge in [-0.2, -0.15) is 4.72 Å². The average Bonchev–Trinajstić information content (AvgIpc) is 2.68. The third kappa shape index (κ3) is 7.37. The fourth-order valence-corrected chi connectivity index (χ4v) is 5.09. The van der Waals surface area contributed by atoms with Gasteiger partial charge in [-0.3, -0.25) is 10.2 Å². The van der Waals surface area contributed by atoms with E-state index in [-0.39, 0.29) is 23.9 Å². The molecule has 2 aromatic rings. The van der Waals surface area contributed by atoms with E-state index in [2.05, 4.69) is 10.0 Å². The van der Waals surface area contributed by atoms with Crippen molar-refractivity contribution < 1.29 is 17.9 Å². The van der Waals surface area contributed by atoms with E-state index in [1.807, 2.05) is 37.3 Å². The number of carbonyl (C=O) groups excluding carboxylic acids is 1. The minimum atomic E-state index is -3.96. The highest BCUT2D eigenvalue weighted by atomic mass is 32.2. The van der Waals surface area contributed by atoms with Crippen LogP contribution in [0.25, 0.3) is 0 Å². The van der Waals surface area contributed by atoms with E-state index < -0.39 is 22.0 Å². The van der Waals surface area contributed by atoms with Crippen molar-refractivity contribution in [1.29, 1.82) is 5.41 Å². The number of rotatable bonds is 10. The van der Waals surface area contributed by atoms with Crippen molar-refractivity contribution in [1.82, 2.24) is 10.0 Å². The number of carbonyl (C=O) groups is 1. The number of hydrogen-bond acceptors (Lipinski definition) is 5. The Morgan fingerprint density at radius 3 is 2.32 bits per heavy atom. The molecule has 0 spiro atoms. The first kappa shape index (κ1) is 24.4. The van der Waals surface area contributed by atoms with Crippen LogP contribution in [0.3, 0.4) is 0 Å². The Kier molecular flexibility index (Phi) is 8.58. The second-order valence-corrected chi connectivity index (χ2v) is 9.13. The molecule has 5 N–H and O–H groups in total. The van der Waals surface area contributed by atoms with Gasteiger partial charge >= 0.3 is 5.97 Å². The molecule has 2 aromatic carbocycles. The number of benzene rings is 2. The highest BCUT2D eigenvalue weighted by Gasteiger charge is 2.29. The molecular weight excluding hydrogens is 416 g/mol. The van der Waals surface area contributed by atoms with Crippen LogP contribution >= 0.6 is 0 Å². The number of nitrogens with one attached hydrogen (secondary N) is 3. The number of guanidine groups is 1. The molecule has 0 aromatic heterocycles. The van der Waals surface area contributed by atoms with Gasteiger partial charge in [-0.1, -0.05) is 48.0 Å². The molecule has 0 saturated heterocycles. The third-order valence-electron chi connectivity index (χ3n) is 4.66. The van der Waals surface area contributed by atoms with E-state index in [0.29, 0.717) is 24.1 Å². The number of hydrogen-bond donors (Lipinski definition) is 4. The van der Waals surface area contributed by atoms with Crippen LogP contribution < -0.4 is 15.8 Å². The normalized spacial score (nSPS) is 12.2. The molecule has 8 nitrogen and oxygen atoms in total. The maximum absolute atomic E-state index is 13.1. The lowest BCUT2D eigenvalue weighted by Gasteiger charge is -2.20. The monoisotopic (exact) mass is 446 g/mol. The number of sulfonamides is 1. The van der Waals surface area contributed by atoms with E-state index in [1.54, 1.807) is 26.0 Å². The summed E-state index contributed by atoms with van der Waals surface area (Å²) in [6.07, 6.45) is 0.607. The van der Waals surface area contributed by atoms with Crippen LogP contribution in [0.5, 0.6) is 0 Å². The third-order valence-corrected chi connectivity index (χ3v) is 6.44. The number of aryl methyl sites for hydroxylation is 3. The van der Waals surface area contributed by atoms with Crippen molar-refractivity contribution in [2.24, 2.45) is 5.73 Å². The molecule has 0 aliphatic heterocycles. The van der Waals surface area contributed by atoms with Crippen LogP contribution in [-0.4, -0.2) is 32.9 Å². The first-order chi connectivity index (χ1) is 14.6. The first-order valence-electron chi connectivity index (χ1n) is 9.99. The molecular formula is C22H30N4O4S. The molecule has 0 heterocycles. The fraction of sp³-hybridized carbons (Fsp3) is 0.364. The zero-order valence-corrected chi connectivity index (χ0v) is 18.9. The summed E-state index contributed by atoms with van der Waals surface area (Å²) in [6.45, 7) is 5.74. The summed E-state index contributed by atoms with van der Waals surface area (Å²) >= 11 is 0. The second kappa shape index (κ2) is 10.9. The lowest BCUT2D eigenvalue weighted by atomic mass is 10.1. The summed E-state index contributed by atoms with van der Waals surface area (Å²) in [7, 11) is -3.96. The predicted octanol–water partition coefficient (Wildman–Crippen LogP) is 2.27. The minimum absolute atomic E-state index is 0.0478. The van der Waals surface area contributed by atoms with Gasteiger partial charge in [0.1, 0.15) is 12.6 Å². The van der Waals surface area contributed by atoms with Crippen LogP contribution in [-0.2, 0) is 26.2 Å². The summed E-state index contributed by atoms with van der Waals surface area (Å²) in [6, 6.07) is 11.7. The lowest BCUT2D eigenvalue weighted by molar-refractivity contribution is -0.147. The van der Waals surface area contributed by atoms with E-state index in [4.69, 9.17) is 15.9 Å². The average molecular weight is 447 g/mol. The Balaban J connectivity index is 2.18. The molecule has 1 atom stereocenters. The summed E-state index contributed by atoms with van der Waals surface area (Å²) in [5.74, 6) is -0.840. The molecule has 2 rings (SSSR count). The van der Waals surface area contributed by atoms with Gasteiger partial charge in [0, 0.05) is 6.54 Å². The SMILES string of the molecule is Cc1cc(C)c(S(=O)(=O)N[C@@H](CCCNC(=N)N)C(=O)OCc2ccccc2)c(C)c1. The zero-order valence-electron chi connectivity index (χ0n) is 18.1. The van der Waals surface area contributed by atoms with Crippen molar-refractivity contribution in [2.45, 2.75) is 51.2 Å². The molecule has 0 bridgehead atoms. The standard InChI is InChI=1S/C22H30N4O4S/c1-15-12-16(2)20(17(3)13-15)31(28,29)26-19(10-7-11-25-22(23)24)21(27)30-14-18-8-5-4-6-9-18/h4-6,8-9,12-13,19,26H,7,10-11,14H2,1-3H3,(H4,23,24,25)/t19-/m0/s1. The first-order valence-corrected chi connectivity index (χ1v) is 11.5. The van der Waals surface area contributed by atoms with Crippen molar-refractivity contribution in [2.75, 3.05) is 6.54 Å². The largest absolute Gasteiger partial charge is 0.460 e. The maximum Gasteiger partial charge on any atom is 0.324 e. The highest BCUT2D eigenvalue weighted by molar-refractivity contribution is 7.89. The molecule has 31 heavy (non-hydrogen) atoms. The van der Waals surface area contributed by atoms with Gasteiger partial charge in [0.25, 0.3) is 0 Å². The molecule has 0 saturated carbocycles. The van der Waals surface area contributed by atoms with Gasteiger partial charge in [0.05, 0.1) is 4.90 Å². The van der Waals surface area contributed by atoms with Crippen LogP contribution in [0.1, 0.15) is 35.1 Å². The van der Waals surface area contributed by atoms with Crippen molar-refractivity contribution in [3.05, 3.63) is 64.7 Å². The Bertz CT molecular complexity index is 1000. The molecule has 0 unspecified atom stereocenters. The van der Waals surface area contributed by atoms with E-state index in [1.165, 1.54) is 0 Å². The molecule has 0 aliphatic rings. The van der Waals surface area contributed by atoms with Gasteiger partial charge < -0.3 is 15.8 Å². The van der Waals surface area contributed by atoms with Crippen LogP contribution in [0.15, 0.2) is 47.4 Å². The number of ether oxygens (including phenoxy) is 1. The molecule has 0 amide bonds. The Morgan fingerprint density at radius 2 is 1.74 bits per heavy atom. The van der Waals surface area contributed by atoms with E-state index in [9.17, 15) is 13.2 Å². The maximum atomic E-state index is 13.1. The highest BCUT2D eigenvalue weighted by Crippen LogP contribution is 2.22. The van der Waals surface area contributed by atoms with Crippen molar-refractivity contribution in [3.63, 3.8) is 0 Å². The molecule has 168 valence electrons. The number of nitrogens with two attached hydrogens (primary N) is 1. The fourth-order valence-electron chi connectivity index (χ4n) is 3.42. The predicted molar refractivity (Wildman–Crippen MR) is 120 cm³/mol. The van der Waals surface area contributed by atoms with Crippen LogP contribution in [0, 0.1) is 26.2 Å². The smallest absolute Gasteiger partial charge is 0.324 e. The Hall–Kier alpha value is -2.91. The minimum Gasteiger partial charge on any atom is -0.460 e. The quantitative estimate of drug-likeness (QED) is 0.191. The van der Waals surface area contributed by atoms with E-state index >= 15 is 0 Å². The van der Waals surface area contributed by atoms with Gasteiger partial charge in [-0.05, 0) is 50.3 Å². The lowest BCUT2D eigenvalue weighted by Crippen LogP contribution is -2.42. The van der Waals surface area contributed by atoms with Crippen molar-refractivity contribution >= 4 is 22.0 Å². The molecule has 0 radical (unpaired) electrons. The van der Waals surface area contributed by atoms with Gasteiger partial charge in [-0.15, -0.1) is 0 Å². The Morgan fingerprint density at radius 1 is 1.13 bits per heavy atom. The van der Waals surface area contributed by atoms with Crippen LogP contribution in [0.2, 0.25) is 0 Å². The summed E-state index contributed by atoms with van der Waals surface area (Å²) in [5, 5.41) is 9.86. The second-order valence-electron chi connectivity index (χ2n) is 7.48.